The molecule has 0 aliphatic heterocycles. The molecule has 9 nitrogen and oxygen atoms in total. The van der Waals surface area contributed by atoms with Crippen LogP contribution < -0.4 is 16.4 Å². The minimum atomic E-state index is -0.396. The number of anilines is 3. The van der Waals surface area contributed by atoms with Crippen molar-refractivity contribution in [2.75, 3.05) is 16.4 Å². The van der Waals surface area contributed by atoms with Crippen LogP contribution in [-0.4, -0.2) is 30.8 Å². The number of urea groups is 1. The van der Waals surface area contributed by atoms with Crippen molar-refractivity contribution in [2.24, 2.45) is 7.05 Å². The highest BCUT2D eigenvalue weighted by Crippen LogP contribution is 2.23. The Morgan fingerprint density at radius 1 is 1.03 bits per heavy atom. The lowest BCUT2D eigenvalue weighted by Crippen LogP contribution is -2.21. The standard InChI is InChI=1S/C20H22N8O/c1-20(2,3)16-8-17(28(4)27-16)26-19(29)25-15-7-13(9-22-12-15)5-6-14-10-23-18(21)24-11-14/h7-12H,1-4H3,(H2,21,23,24)(H2,25,26,29). The molecule has 0 unspecified atom stereocenters. The van der Waals surface area contributed by atoms with Crippen LogP contribution in [0.5, 0.6) is 0 Å². The Bertz CT molecular complexity index is 1080. The van der Waals surface area contributed by atoms with E-state index >= 15 is 0 Å². The number of nitrogens with zero attached hydrogens (tertiary/aromatic N) is 5. The molecule has 0 radical (unpaired) electrons. The van der Waals surface area contributed by atoms with Crippen LogP contribution >= 0.6 is 0 Å². The van der Waals surface area contributed by atoms with E-state index in [-0.39, 0.29) is 11.4 Å². The average Bonchev–Trinajstić information content (AvgIpc) is 3.02. The maximum absolute atomic E-state index is 12.4. The first-order valence-corrected chi connectivity index (χ1v) is 8.88. The second-order valence-electron chi connectivity index (χ2n) is 7.41. The summed E-state index contributed by atoms with van der Waals surface area (Å²) in [5.74, 6) is 6.67. The van der Waals surface area contributed by atoms with Gasteiger partial charge in [-0.15, -0.1) is 0 Å². The first-order chi connectivity index (χ1) is 13.7. The maximum Gasteiger partial charge on any atom is 0.324 e. The molecule has 0 bridgehead atoms. The fourth-order valence-electron chi connectivity index (χ4n) is 2.35. The molecular formula is C20H22N8O. The minimum absolute atomic E-state index is 0.111. The molecule has 0 fully saturated rings. The van der Waals surface area contributed by atoms with Crippen LogP contribution in [0.25, 0.3) is 0 Å². The van der Waals surface area contributed by atoms with Gasteiger partial charge in [-0.3, -0.25) is 15.0 Å². The topological polar surface area (TPSA) is 124 Å². The Morgan fingerprint density at radius 2 is 1.72 bits per heavy atom. The zero-order valence-electron chi connectivity index (χ0n) is 16.7. The van der Waals surface area contributed by atoms with Crippen molar-refractivity contribution in [2.45, 2.75) is 26.2 Å². The van der Waals surface area contributed by atoms with Crippen molar-refractivity contribution in [3.05, 3.63) is 53.7 Å². The van der Waals surface area contributed by atoms with Gasteiger partial charge in [0.1, 0.15) is 5.82 Å². The predicted molar refractivity (Wildman–Crippen MR) is 111 cm³/mol. The van der Waals surface area contributed by atoms with E-state index in [9.17, 15) is 4.79 Å². The maximum atomic E-state index is 12.4. The lowest BCUT2D eigenvalue weighted by molar-refractivity contribution is 0.262. The second kappa shape index (κ2) is 7.98. The predicted octanol–water partition coefficient (Wildman–Crippen LogP) is 2.53. The van der Waals surface area contributed by atoms with Gasteiger partial charge in [-0.2, -0.15) is 5.10 Å². The summed E-state index contributed by atoms with van der Waals surface area (Å²) in [6, 6.07) is 3.18. The van der Waals surface area contributed by atoms with E-state index in [0.29, 0.717) is 22.6 Å². The van der Waals surface area contributed by atoms with Gasteiger partial charge in [0.2, 0.25) is 5.95 Å². The van der Waals surface area contributed by atoms with E-state index in [1.54, 1.807) is 30.2 Å². The number of hydrogen-bond acceptors (Lipinski definition) is 6. The number of nitrogens with one attached hydrogen (secondary N) is 2. The van der Waals surface area contributed by atoms with Crippen molar-refractivity contribution in [1.29, 1.82) is 0 Å². The van der Waals surface area contributed by atoms with Gasteiger partial charge in [-0.1, -0.05) is 32.6 Å². The number of aryl methyl sites for hydroxylation is 1. The number of nitrogens with two attached hydrogens (primary N) is 1. The Balaban J connectivity index is 1.68. The van der Waals surface area contributed by atoms with Crippen molar-refractivity contribution >= 4 is 23.5 Å². The molecule has 0 aromatic carbocycles. The number of carbonyl (C=O) groups excluding carboxylic acids is 1. The number of hydrogen-bond donors (Lipinski definition) is 3. The van der Waals surface area contributed by atoms with Crippen LogP contribution in [0, 0.1) is 11.8 Å². The molecule has 9 heteroatoms. The largest absolute Gasteiger partial charge is 0.368 e. The summed E-state index contributed by atoms with van der Waals surface area (Å²) in [7, 11) is 1.78. The lowest BCUT2D eigenvalue weighted by Gasteiger charge is -2.13. The van der Waals surface area contributed by atoms with E-state index in [2.05, 4.69) is 63.3 Å². The third kappa shape index (κ3) is 5.29. The fourth-order valence-corrected chi connectivity index (χ4v) is 2.35. The highest BCUT2D eigenvalue weighted by atomic mass is 16.2. The van der Waals surface area contributed by atoms with E-state index < -0.39 is 6.03 Å². The highest BCUT2D eigenvalue weighted by Gasteiger charge is 2.19. The molecule has 0 spiro atoms. The average molecular weight is 390 g/mol. The quantitative estimate of drug-likeness (QED) is 0.578. The molecule has 29 heavy (non-hydrogen) atoms. The first kappa shape index (κ1) is 19.8. The fraction of sp³-hybridized carbons (Fsp3) is 0.250. The molecule has 3 rings (SSSR count). The monoisotopic (exact) mass is 390 g/mol. The van der Waals surface area contributed by atoms with Crippen molar-refractivity contribution < 1.29 is 4.79 Å². The molecule has 3 heterocycles. The van der Waals surface area contributed by atoms with Crippen LogP contribution in [0.4, 0.5) is 22.2 Å². The second-order valence-corrected chi connectivity index (χ2v) is 7.41. The summed E-state index contributed by atoms with van der Waals surface area (Å²) in [4.78, 5) is 24.2. The first-order valence-electron chi connectivity index (χ1n) is 8.88. The van der Waals surface area contributed by atoms with Gasteiger partial charge in [0.05, 0.1) is 23.1 Å². The normalized spacial score (nSPS) is 10.8. The van der Waals surface area contributed by atoms with Crippen LogP contribution in [0.2, 0.25) is 0 Å². The van der Waals surface area contributed by atoms with Crippen LogP contribution in [0.15, 0.2) is 36.9 Å². The van der Waals surface area contributed by atoms with Gasteiger partial charge in [0.15, 0.2) is 0 Å². The van der Waals surface area contributed by atoms with Crippen LogP contribution in [0.3, 0.4) is 0 Å². The molecule has 148 valence electrons. The Labute approximate surface area is 168 Å². The summed E-state index contributed by atoms with van der Waals surface area (Å²) in [5, 5.41) is 9.98. The molecule has 0 aliphatic carbocycles. The molecule has 0 aliphatic rings. The smallest absolute Gasteiger partial charge is 0.324 e. The minimum Gasteiger partial charge on any atom is -0.368 e. The zero-order valence-corrected chi connectivity index (χ0v) is 16.7. The van der Waals surface area contributed by atoms with Crippen LogP contribution in [-0.2, 0) is 12.5 Å². The zero-order chi connectivity index (χ0) is 21.0. The summed E-state index contributed by atoms with van der Waals surface area (Å²) >= 11 is 0. The van der Waals surface area contributed by atoms with Crippen molar-refractivity contribution in [3.63, 3.8) is 0 Å². The summed E-state index contributed by atoms with van der Waals surface area (Å²) < 4.78 is 1.63. The number of rotatable bonds is 2. The molecule has 3 aromatic rings. The van der Waals surface area contributed by atoms with Gasteiger partial charge in [0.25, 0.3) is 0 Å². The van der Waals surface area contributed by atoms with E-state index in [1.807, 2.05) is 6.07 Å². The van der Waals surface area contributed by atoms with E-state index in [0.717, 1.165) is 5.69 Å². The highest BCUT2D eigenvalue weighted by molar-refractivity contribution is 5.99. The van der Waals surface area contributed by atoms with Gasteiger partial charge >= 0.3 is 6.03 Å². The summed E-state index contributed by atoms with van der Waals surface area (Å²) in [5.41, 5.74) is 8.01. The molecule has 0 saturated heterocycles. The SMILES string of the molecule is Cn1nc(C(C)(C)C)cc1NC(=O)Nc1cncc(C#Cc2cnc(N)nc2)c1. The summed E-state index contributed by atoms with van der Waals surface area (Å²) in [6.07, 6.45) is 6.22. The Hall–Kier alpha value is -3.93. The third-order valence-corrected chi connectivity index (χ3v) is 3.91. The number of pyridine rings is 1. The van der Waals surface area contributed by atoms with Gasteiger partial charge in [0, 0.05) is 42.7 Å². The Morgan fingerprint density at radius 3 is 2.38 bits per heavy atom. The number of carbonyl (C=O) groups is 1. The molecule has 4 N–H and O–H groups in total. The number of nitrogen functional groups attached to an aromatic ring is 1. The van der Waals surface area contributed by atoms with E-state index in [4.69, 9.17) is 5.73 Å². The summed E-state index contributed by atoms with van der Waals surface area (Å²) in [6.45, 7) is 6.19. The molecule has 3 aromatic heterocycles. The van der Waals surface area contributed by atoms with Crippen molar-refractivity contribution in [1.82, 2.24) is 24.7 Å². The lowest BCUT2D eigenvalue weighted by atomic mass is 9.92. The van der Waals surface area contributed by atoms with Crippen molar-refractivity contribution in [3.8, 4) is 11.8 Å². The molecule has 0 atom stereocenters. The van der Waals surface area contributed by atoms with Crippen LogP contribution in [0.1, 0.15) is 37.6 Å². The van der Waals surface area contributed by atoms with Gasteiger partial charge in [-0.25, -0.2) is 14.8 Å². The van der Waals surface area contributed by atoms with E-state index in [1.165, 1.54) is 12.4 Å². The van der Waals surface area contributed by atoms with Gasteiger partial charge < -0.3 is 11.1 Å². The number of amides is 2. The molecular weight excluding hydrogens is 368 g/mol. The number of aromatic nitrogens is 5. The van der Waals surface area contributed by atoms with Gasteiger partial charge in [-0.05, 0) is 6.07 Å². The molecule has 2 amide bonds. The third-order valence-electron chi connectivity index (χ3n) is 3.91. The Kier molecular flexibility index (Phi) is 5.45. The molecule has 0 saturated carbocycles.